The van der Waals surface area contributed by atoms with Crippen LogP contribution in [0.15, 0.2) is 18.6 Å². The Bertz CT molecular complexity index is 683. The molecule has 104 valence electrons. The molecule has 0 bridgehead atoms. The molecule has 2 aliphatic heterocycles. The van der Waals surface area contributed by atoms with E-state index < -0.39 is 0 Å². The van der Waals surface area contributed by atoms with Crippen molar-refractivity contribution in [1.82, 2.24) is 19.3 Å². The lowest BCUT2D eigenvalue weighted by atomic mass is 9.93. The molecule has 2 aromatic heterocycles. The first kappa shape index (κ1) is 12.1. The summed E-state index contributed by atoms with van der Waals surface area (Å²) in [5.41, 5.74) is 0.832. The fourth-order valence-corrected chi connectivity index (χ4v) is 3.69. The van der Waals surface area contributed by atoms with Crippen LogP contribution in [0.5, 0.6) is 0 Å². The average molecular weight is 291 g/mol. The number of aromatic nitrogens is 3. The molecule has 0 saturated carbocycles. The third-order valence-electron chi connectivity index (χ3n) is 4.52. The summed E-state index contributed by atoms with van der Waals surface area (Å²) in [7, 11) is 0. The van der Waals surface area contributed by atoms with E-state index in [1.807, 2.05) is 15.5 Å². The number of rotatable bonds is 1. The smallest absolute Gasteiger partial charge is 0.222 e. The number of nitrogens with zero attached hydrogens (tertiary/aromatic N) is 4. The van der Waals surface area contributed by atoms with Gasteiger partial charge in [-0.1, -0.05) is 11.6 Å². The van der Waals surface area contributed by atoms with E-state index in [1.54, 1.807) is 12.4 Å². The third kappa shape index (κ3) is 1.73. The van der Waals surface area contributed by atoms with Gasteiger partial charge >= 0.3 is 0 Å². The van der Waals surface area contributed by atoms with Gasteiger partial charge in [0.1, 0.15) is 11.3 Å². The predicted octanol–water partition coefficient (Wildman–Crippen LogP) is 2.25. The van der Waals surface area contributed by atoms with Crippen LogP contribution in [0.3, 0.4) is 0 Å². The first-order valence-corrected chi connectivity index (χ1v) is 7.39. The molecule has 20 heavy (non-hydrogen) atoms. The van der Waals surface area contributed by atoms with E-state index in [0.29, 0.717) is 23.5 Å². The summed E-state index contributed by atoms with van der Waals surface area (Å²) >= 11 is 6.09. The van der Waals surface area contributed by atoms with E-state index in [2.05, 4.69) is 9.97 Å². The number of carbonyl (C=O) groups is 1. The molecule has 6 heteroatoms. The highest BCUT2D eigenvalue weighted by atomic mass is 35.5. The zero-order chi connectivity index (χ0) is 13.7. The minimum atomic E-state index is 0.286. The predicted molar refractivity (Wildman–Crippen MR) is 74.7 cm³/mol. The molecule has 5 nitrogen and oxygen atoms in total. The van der Waals surface area contributed by atoms with Gasteiger partial charge < -0.3 is 4.90 Å². The van der Waals surface area contributed by atoms with Crippen LogP contribution in [0.2, 0.25) is 5.15 Å². The van der Waals surface area contributed by atoms with Crippen molar-refractivity contribution in [3.63, 3.8) is 0 Å². The average Bonchev–Trinajstić information content (AvgIpc) is 3.04. The highest BCUT2D eigenvalue weighted by Gasteiger charge is 2.37. The first-order chi connectivity index (χ1) is 9.74. The van der Waals surface area contributed by atoms with Crippen molar-refractivity contribution >= 4 is 23.0 Å². The zero-order valence-electron chi connectivity index (χ0n) is 11.0. The number of amides is 1. The van der Waals surface area contributed by atoms with Crippen molar-refractivity contribution in [1.29, 1.82) is 0 Å². The molecule has 4 rings (SSSR count). The standard InChI is InChI=1S/C14H15ClN4O/c15-13-11-7-17-14(18(11)6-5-16-13)9-1-2-10-3-4-12(20)19(10)8-9/h5-7,9-10H,1-4,8H2/t9-,10?/m1/s1. The molecular formula is C14H15ClN4O. The van der Waals surface area contributed by atoms with Crippen molar-refractivity contribution in [3.05, 3.63) is 29.6 Å². The van der Waals surface area contributed by atoms with E-state index in [-0.39, 0.29) is 5.92 Å². The summed E-state index contributed by atoms with van der Waals surface area (Å²) in [6.45, 7) is 0.780. The minimum Gasteiger partial charge on any atom is -0.339 e. The molecule has 2 aromatic rings. The fourth-order valence-electron chi connectivity index (χ4n) is 3.50. The van der Waals surface area contributed by atoms with Crippen molar-refractivity contribution < 1.29 is 4.79 Å². The SMILES string of the molecule is O=C1CCC2CC[C@@H](c3ncc4c(Cl)nccn34)CN12. The van der Waals surface area contributed by atoms with E-state index in [4.69, 9.17) is 11.6 Å². The number of imidazole rings is 1. The van der Waals surface area contributed by atoms with Crippen molar-refractivity contribution in [2.45, 2.75) is 37.6 Å². The number of fused-ring (bicyclic) bond motifs is 2. The van der Waals surface area contributed by atoms with E-state index >= 15 is 0 Å². The Morgan fingerprint density at radius 3 is 3.05 bits per heavy atom. The van der Waals surface area contributed by atoms with Gasteiger partial charge in [-0.25, -0.2) is 9.97 Å². The highest BCUT2D eigenvalue weighted by molar-refractivity contribution is 6.32. The van der Waals surface area contributed by atoms with Gasteiger partial charge in [0, 0.05) is 37.3 Å². The molecule has 0 radical (unpaired) electrons. The van der Waals surface area contributed by atoms with E-state index in [9.17, 15) is 4.79 Å². The zero-order valence-corrected chi connectivity index (χ0v) is 11.8. The number of halogens is 1. The summed E-state index contributed by atoms with van der Waals surface area (Å²) in [5.74, 6) is 1.57. The lowest BCUT2D eigenvalue weighted by molar-refractivity contribution is -0.130. The number of piperidine rings is 1. The number of hydrogen-bond acceptors (Lipinski definition) is 3. The van der Waals surface area contributed by atoms with Gasteiger partial charge in [-0.15, -0.1) is 0 Å². The quantitative estimate of drug-likeness (QED) is 0.809. The summed E-state index contributed by atoms with van der Waals surface area (Å²) in [4.78, 5) is 22.5. The van der Waals surface area contributed by atoms with Gasteiger partial charge in [0.15, 0.2) is 5.15 Å². The summed E-state index contributed by atoms with van der Waals surface area (Å²) in [6, 6.07) is 0.454. The third-order valence-corrected chi connectivity index (χ3v) is 4.81. The summed E-state index contributed by atoms with van der Waals surface area (Å²) < 4.78 is 2.00. The first-order valence-electron chi connectivity index (χ1n) is 7.01. The van der Waals surface area contributed by atoms with Crippen LogP contribution in [-0.4, -0.2) is 37.8 Å². The van der Waals surface area contributed by atoms with Crippen LogP contribution < -0.4 is 0 Å². The lowest BCUT2D eigenvalue weighted by Crippen LogP contribution is -2.41. The molecule has 0 aromatic carbocycles. The van der Waals surface area contributed by atoms with Crippen molar-refractivity contribution in [2.24, 2.45) is 0 Å². The summed E-state index contributed by atoms with van der Waals surface area (Å²) in [5, 5.41) is 0.470. The van der Waals surface area contributed by atoms with Crippen LogP contribution in [0, 0.1) is 0 Å². The van der Waals surface area contributed by atoms with Gasteiger partial charge in [0.05, 0.1) is 6.20 Å². The van der Waals surface area contributed by atoms with Gasteiger partial charge in [0.25, 0.3) is 0 Å². The van der Waals surface area contributed by atoms with Gasteiger partial charge in [-0.05, 0) is 19.3 Å². The molecule has 1 unspecified atom stereocenters. The monoisotopic (exact) mass is 290 g/mol. The van der Waals surface area contributed by atoms with Gasteiger partial charge in [-0.2, -0.15) is 0 Å². The van der Waals surface area contributed by atoms with Gasteiger partial charge in [0.2, 0.25) is 5.91 Å². The Morgan fingerprint density at radius 1 is 1.25 bits per heavy atom. The molecule has 0 N–H and O–H groups in total. The second-order valence-electron chi connectivity index (χ2n) is 5.60. The molecule has 4 heterocycles. The van der Waals surface area contributed by atoms with Crippen LogP contribution in [-0.2, 0) is 4.79 Å². The maximum atomic E-state index is 11.9. The highest BCUT2D eigenvalue weighted by Crippen LogP contribution is 2.35. The van der Waals surface area contributed by atoms with Crippen LogP contribution >= 0.6 is 11.6 Å². The Labute approximate surface area is 121 Å². The van der Waals surface area contributed by atoms with Crippen LogP contribution in [0.1, 0.15) is 37.4 Å². The Kier molecular flexibility index (Phi) is 2.70. The molecule has 2 fully saturated rings. The maximum absolute atomic E-state index is 11.9. The minimum absolute atomic E-state index is 0.286. The van der Waals surface area contributed by atoms with Crippen LogP contribution in [0.25, 0.3) is 5.52 Å². The largest absolute Gasteiger partial charge is 0.339 e. The van der Waals surface area contributed by atoms with Crippen molar-refractivity contribution in [3.8, 4) is 0 Å². The normalized spacial score (nSPS) is 26.2. The molecule has 2 aliphatic rings. The molecule has 2 atom stereocenters. The van der Waals surface area contributed by atoms with Crippen LogP contribution in [0.4, 0.5) is 0 Å². The molecular weight excluding hydrogens is 276 g/mol. The topological polar surface area (TPSA) is 50.5 Å². The van der Waals surface area contributed by atoms with Gasteiger partial charge in [-0.3, -0.25) is 9.20 Å². The van der Waals surface area contributed by atoms with E-state index in [0.717, 1.165) is 37.1 Å². The summed E-state index contributed by atoms with van der Waals surface area (Å²) in [6.07, 6.45) is 9.22. The molecule has 2 saturated heterocycles. The second-order valence-corrected chi connectivity index (χ2v) is 5.96. The molecule has 0 spiro atoms. The van der Waals surface area contributed by atoms with E-state index in [1.165, 1.54) is 0 Å². The Hall–Kier alpha value is -1.62. The lowest BCUT2D eigenvalue weighted by Gasteiger charge is -2.34. The Morgan fingerprint density at radius 2 is 2.15 bits per heavy atom. The Balaban J connectivity index is 1.70. The molecule has 1 amide bonds. The number of hydrogen-bond donors (Lipinski definition) is 0. The van der Waals surface area contributed by atoms with Crippen molar-refractivity contribution in [2.75, 3.05) is 6.54 Å². The number of carbonyl (C=O) groups excluding carboxylic acids is 1. The fraction of sp³-hybridized carbons (Fsp3) is 0.500. The molecule has 0 aliphatic carbocycles. The maximum Gasteiger partial charge on any atom is 0.222 e. The second kappa shape index (κ2) is 4.45.